The molecular weight excluding hydrogens is 516 g/mol. The summed E-state index contributed by atoms with van der Waals surface area (Å²) in [6.45, 7) is 0.243. The number of carbonyl (C=O) groups excluding carboxylic acids is 2. The van der Waals surface area contributed by atoms with Crippen LogP contribution in [0.15, 0.2) is 48.5 Å². The predicted molar refractivity (Wildman–Crippen MR) is 119 cm³/mol. The van der Waals surface area contributed by atoms with Gasteiger partial charge in [0.25, 0.3) is 6.23 Å². The molecule has 0 saturated carbocycles. The van der Waals surface area contributed by atoms with E-state index in [1.807, 2.05) is 18.2 Å². The highest BCUT2D eigenvalue weighted by Gasteiger charge is 2.26. The van der Waals surface area contributed by atoms with Crippen molar-refractivity contribution in [2.45, 2.75) is 25.5 Å². The number of unbranched alkanes of at least 4 members (excludes halogenated alkanes) is 1. The molecule has 0 amide bonds. The number of alkyl halides is 1. The Labute approximate surface area is 187 Å². The molecule has 0 radical (unpaired) electrons. The van der Waals surface area contributed by atoms with Gasteiger partial charge in [-0.15, -0.1) is 0 Å². The molecule has 0 saturated heterocycles. The van der Waals surface area contributed by atoms with Crippen LogP contribution in [0.4, 0.5) is 5.69 Å². The molecule has 1 unspecified atom stereocenters. The Kier molecular flexibility index (Phi) is 9.87. The second kappa shape index (κ2) is 12.1. The normalized spacial score (nSPS) is 11.5. The second-order valence-electron chi connectivity index (χ2n) is 5.84. The summed E-state index contributed by atoms with van der Waals surface area (Å²) in [7, 11) is 0. The molecule has 150 valence electrons. The smallest absolute Gasteiger partial charge is 0.369 e. The third kappa shape index (κ3) is 7.48. The quantitative estimate of drug-likeness (QED) is 0.147. The first-order valence-electron chi connectivity index (χ1n) is 8.68. The molecule has 2 aromatic rings. The Morgan fingerprint density at radius 2 is 1.68 bits per heavy atom. The van der Waals surface area contributed by atoms with Gasteiger partial charge >= 0.3 is 11.9 Å². The van der Waals surface area contributed by atoms with E-state index in [2.05, 4.69) is 27.9 Å². The first-order valence-corrected chi connectivity index (χ1v) is 11.0. The maximum atomic E-state index is 12.5. The third-order valence-corrected chi connectivity index (χ3v) is 5.06. The van der Waals surface area contributed by atoms with E-state index in [1.54, 1.807) is 30.3 Å². The standard InChI is InChI=1S/C20H20Cl2INO4/c21-15-9-6-10-16(22)18(15)24-19(20(26)27-12-5-4-11-23)28-17(25)13-14-7-2-1-3-8-14/h1-3,6-10,19,24H,4-5,11-13H2. The van der Waals surface area contributed by atoms with Crippen LogP contribution < -0.4 is 5.32 Å². The number of hydrogen-bond donors (Lipinski definition) is 1. The molecule has 0 aliphatic carbocycles. The van der Waals surface area contributed by atoms with Crippen LogP contribution in [0.2, 0.25) is 10.0 Å². The number of hydrogen-bond acceptors (Lipinski definition) is 5. The summed E-state index contributed by atoms with van der Waals surface area (Å²) in [6.07, 6.45) is 0.327. The van der Waals surface area contributed by atoms with Crippen molar-refractivity contribution in [3.05, 3.63) is 64.1 Å². The van der Waals surface area contributed by atoms with Crippen LogP contribution in [-0.2, 0) is 25.5 Å². The van der Waals surface area contributed by atoms with Gasteiger partial charge in [-0.1, -0.05) is 82.2 Å². The van der Waals surface area contributed by atoms with Crippen molar-refractivity contribution in [1.29, 1.82) is 0 Å². The Morgan fingerprint density at radius 3 is 2.32 bits per heavy atom. The number of halogens is 3. The summed E-state index contributed by atoms with van der Waals surface area (Å²) < 4.78 is 11.6. The van der Waals surface area contributed by atoms with Gasteiger partial charge in [0.1, 0.15) is 0 Å². The zero-order valence-corrected chi connectivity index (χ0v) is 18.7. The van der Waals surface area contributed by atoms with E-state index in [1.165, 1.54) is 0 Å². The largest absolute Gasteiger partial charge is 0.462 e. The van der Waals surface area contributed by atoms with Gasteiger partial charge in [0.2, 0.25) is 0 Å². The van der Waals surface area contributed by atoms with Crippen molar-refractivity contribution in [1.82, 2.24) is 0 Å². The van der Waals surface area contributed by atoms with Gasteiger partial charge in [-0.25, -0.2) is 4.79 Å². The number of benzene rings is 2. The Morgan fingerprint density at radius 1 is 1.00 bits per heavy atom. The van der Waals surface area contributed by atoms with Gasteiger partial charge in [0.05, 0.1) is 28.8 Å². The zero-order valence-electron chi connectivity index (χ0n) is 15.0. The van der Waals surface area contributed by atoms with Crippen molar-refractivity contribution < 1.29 is 19.1 Å². The topological polar surface area (TPSA) is 64.6 Å². The molecule has 1 N–H and O–H groups in total. The molecule has 2 aromatic carbocycles. The highest BCUT2D eigenvalue weighted by Crippen LogP contribution is 2.30. The van der Waals surface area contributed by atoms with Crippen molar-refractivity contribution >= 4 is 63.4 Å². The van der Waals surface area contributed by atoms with Gasteiger partial charge in [-0.3, -0.25) is 4.79 Å². The molecule has 0 heterocycles. The van der Waals surface area contributed by atoms with Crippen LogP contribution in [0, 0.1) is 0 Å². The van der Waals surface area contributed by atoms with E-state index >= 15 is 0 Å². The molecule has 5 nitrogen and oxygen atoms in total. The van der Waals surface area contributed by atoms with Crippen molar-refractivity contribution in [2.24, 2.45) is 0 Å². The van der Waals surface area contributed by atoms with E-state index in [-0.39, 0.29) is 13.0 Å². The summed E-state index contributed by atoms with van der Waals surface area (Å²) >= 11 is 14.6. The number of para-hydroxylation sites is 1. The lowest BCUT2D eigenvalue weighted by Gasteiger charge is -2.20. The van der Waals surface area contributed by atoms with Crippen LogP contribution in [0.1, 0.15) is 18.4 Å². The van der Waals surface area contributed by atoms with Crippen LogP contribution in [0.5, 0.6) is 0 Å². The first-order chi connectivity index (χ1) is 13.5. The van der Waals surface area contributed by atoms with Crippen LogP contribution in [0.25, 0.3) is 0 Å². The summed E-state index contributed by atoms with van der Waals surface area (Å²) in [5.74, 6) is -1.28. The van der Waals surface area contributed by atoms with Crippen molar-refractivity contribution in [3.63, 3.8) is 0 Å². The molecule has 0 aliphatic heterocycles. The zero-order chi connectivity index (χ0) is 20.4. The summed E-state index contributed by atoms with van der Waals surface area (Å²) in [6, 6.07) is 14.0. The minimum absolute atomic E-state index is 0.0252. The Bertz CT molecular complexity index is 769. The van der Waals surface area contributed by atoms with Crippen molar-refractivity contribution in [3.8, 4) is 0 Å². The number of carbonyl (C=O) groups is 2. The fraction of sp³-hybridized carbons (Fsp3) is 0.300. The molecule has 1 atom stereocenters. The van der Waals surface area contributed by atoms with Crippen LogP contribution in [-0.4, -0.2) is 29.2 Å². The lowest BCUT2D eigenvalue weighted by Crippen LogP contribution is -2.37. The van der Waals surface area contributed by atoms with E-state index < -0.39 is 18.2 Å². The lowest BCUT2D eigenvalue weighted by molar-refractivity contribution is -0.165. The fourth-order valence-electron chi connectivity index (χ4n) is 2.28. The Hall–Kier alpha value is -1.51. The third-order valence-electron chi connectivity index (χ3n) is 3.67. The van der Waals surface area contributed by atoms with Crippen LogP contribution >= 0.6 is 45.8 Å². The van der Waals surface area contributed by atoms with E-state index in [0.29, 0.717) is 15.7 Å². The number of ether oxygens (including phenoxy) is 2. The fourth-order valence-corrected chi connectivity index (χ4v) is 3.33. The predicted octanol–water partition coefficient (Wildman–Crippen LogP) is 5.28. The van der Waals surface area contributed by atoms with E-state index in [9.17, 15) is 9.59 Å². The number of anilines is 1. The molecule has 0 aliphatic rings. The minimum Gasteiger partial charge on any atom is -0.462 e. The number of nitrogens with one attached hydrogen (secondary N) is 1. The molecular formula is C20H20Cl2INO4. The van der Waals surface area contributed by atoms with Gasteiger partial charge in [0.15, 0.2) is 0 Å². The monoisotopic (exact) mass is 535 g/mol. The van der Waals surface area contributed by atoms with E-state index in [0.717, 1.165) is 22.8 Å². The molecule has 0 aromatic heterocycles. The number of esters is 2. The van der Waals surface area contributed by atoms with Gasteiger partial charge in [0, 0.05) is 0 Å². The maximum absolute atomic E-state index is 12.5. The molecule has 28 heavy (non-hydrogen) atoms. The van der Waals surface area contributed by atoms with Crippen LogP contribution in [0.3, 0.4) is 0 Å². The first kappa shape index (κ1) is 22.8. The molecule has 0 spiro atoms. The molecule has 0 fully saturated rings. The minimum atomic E-state index is -1.35. The summed E-state index contributed by atoms with van der Waals surface area (Å²) in [5.41, 5.74) is 1.07. The van der Waals surface area contributed by atoms with E-state index in [4.69, 9.17) is 32.7 Å². The molecule has 2 rings (SSSR count). The lowest BCUT2D eigenvalue weighted by atomic mass is 10.2. The molecule has 8 heteroatoms. The van der Waals surface area contributed by atoms with Gasteiger partial charge < -0.3 is 14.8 Å². The highest BCUT2D eigenvalue weighted by molar-refractivity contribution is 14.1. The Balaban J connectivity index is 2.08. The van der Waals surface area contributed by atoms with Crippen molar-refractivity contribution in [2.75, 3.05) is 16.4 Å². The second-order valence-corrected chi connectivity index (χ2v) is 7.73. The average molecular weight is 536 g/mol. The summed E-state index contributed by atoms with van der Waals surface area (Å²) in [5, 5.41) is 3.39. The van der Waals surface area contributed by atoms with Gasteiger partial charge in [-0.05, 0) is 35.0 Å². The maximum Gasteiger partial charge on any atom is 0.369 e. The highest BCUT2D eigenvalue weighted by atomic mass is 127. The molecule has 0 bridgehead atoms. The van der Waals surface area contributed by atoms with Gasteiger partial charge in [-0.2, -0.15) is 0 Å². The average Bonchev–Trinajstić information content (AvgIpc) is 2.68. The summed E-state index contributed by atoms with van der Waals surface area (Å²) in [4.78, 5) is 24.8. The SMILES string of the molecule is O=C(Cc1ccccc1)OC(Nc1c(Cl)cccc1Cl)C(=O)OCCCCI. The number of rotatable bonds is 10.